The minimum Gasteiger partial charge on any atom is -0.497 e. The summed E-state index contributed by atoms with van der Waals surface area (Å²) >= 11 is 0. The fourth-order valence-electron chi connectivity index (χ4n) is 6.27. The van der Waals surface area contributed by atoms with E-state index in [9.17, 15) is 9.13 Å². The van der Waals surface area contributed by atoms with E-state index in [0.717, 1.165) is 50.0 Å². The monoisotopic (exact) mass is 528 g/mol. The van der Waals surface area contributed by atoms with Gasteiger partial charge in [0.1, 0.15) is 11.5 Å². The summed E-state index contributed by atoms with van der Waals surface area (Å²) in [5.41, 5.74) is 3.12. The van der Waals surface area contributed by atoms with Crippen molar-refractivity contribution in [3.63, 3.8) is 0 Å². The third-order valence-corrected chi connectivity index (χ3v) is 12.9. The zero-order chi connectivity index (χ0) is 25.3. The molecule has 2 fully saturated rings. The van der Waals surface area contributed by atoms with Crippen molar-refractivity contribution in [3.05, 3.63) is 59.7 Å². The molecule has 2 aliphatic carbocycles. The fraction of sp³-hybridized carbons (Fsp3) is 0.600. The maximum atomic E-state index is 13.5. The average molecular weight is 529 g/mol. The molecule has 2 saturated carbocycles. The maximum Gasteiger partial charge on any atom is 0.346 e. The van der Waals surface area contributed by atoms with Gasteiger partial charge in [0.05, 0.1) is 14.2 Å². The maximum absolute atomic E-state index is 13.5. The Morgan fingerprint density at radius 3 is 1.33 bits per heavy atom. The summed E-state index contributed by atoms with van der Waals surface area (Å²) in [5, 5.41) is 0. The van der Waals surface area contributed by atoms with Gasteiger partial charge in [0.15, 0.2) is 23.6 Å². The second-order valence-corrected chi connectivity index (χ2v) is 14.5. The van der Waals surface area contributed by atoms with Gasteiger partial charge in [-0.3, -0.25) is 0 Å². The molecule has 0 radical (unpaired) electrons. The van der Waals surface area contributed by atoms with Gasteiger partial charge in [0.25, 0.3) is 0 Å². The molecule has 0 N–H and O–H groups in total. The molecule has 0 aromatic heterocycles. The first-order chi connectivity index (χ1) is 17.6. The van der Waals surface area contributed by atoms with Crippen molar-refractivity contribution in [3.8, 4) is 11.5 Å². The van der Waals surface area contributed by atoms with E-state index in [1.165, 1.54) is 36.8 Å². The first-order valence-corrected chi connectivity index (χ1v) is 16.7. The number of rotatable bonds is 11. The van der Waals surface area contributed by atoms with Crippen LogP contribution in [0.1, 0.15) is 62.5 Å². The summed E-state index contributed by atoms with van der Waals surface area (Å²) < 4.78 is 37.6. The summed E-state index contributed by atoms with van der Waals surface area (Å²) in [4.78, 5) is 0. The van der Waals surface area contributed by atoms with Crippen molar-refractivity contribution >= 4 is 15.6 Å². The lowest BCUT2D eigenvalue weighted by molar-refractivity contribution is 0.356. The Morgan fingerprint density at radius 1 is 0.611 bits per heavy atom. The Kier molecular flexibility index (Phi) is 10.4. The summed E-state index contributed by atoms with van der Waals surface area (Å²) in [5.74, 6) is 2.68. The lowest BCUT2D eigenvalue weighted by Gasteiger charge is -2.26. The van der Waals surface area contributed by atoms with E-state index in [-0.39, 0.29) is 11.3 Å². The molecule has 2 aromatic rings. The summed E-state index contributed by atoms with van der Waals surface area (Å²) in [6.45, 7) is 0. The summed E-state index contributed by atoms with van der Waals surface area (Å²) in [7, 11) is 0.706. The Hall–Kier alpha value is -1.76. The number of hydrogen-bond donors (Lipinski definition) is 0. The standard InChI is InChI=1S/C30H42O4P2/c1-33-27-15-11-23(12-16-27)21-25-7-3-5-9-29(25)35(31)19-20-36(32)30-10-6-4-8-26(30)22-24-13-17-28(34-2)18-14-24/h11-18,25-26,29-30H,3-10,19-22H2,1-2H3/q+2. The molecule has 0 bridgehead atoms. The van der Waals surface area contributed by atoms with Gasteiger partial charge in [-0.1, -0.05) is 46.2 Å². The number of methoxy groups -OCH3 is 2. The van der Waals surface area contributed by atoms with Gasteiger partial charge in [-0.2, -0.15) is 0 Å². The first kappa shape index (κ1) is 27.3. The van der Waals surface area contributed by atoms with Crippen LogP contribution < -0.4 is 9.47 Å². The number of hydrogen-bond acceptors (Lipinski definition) is 4. The number of ether oxygens (including phenoxy) is 2. The Morgan fingerprint density at radius 2 is 0.972 bits per heavy atom. The molecule has 194 valence electrons. The van der Waals surface area contributed by atoms with Crippen molar-refractivity contribution in [1.29, 1.82) is 0 Å². The Labute approximate surface area is 219 Å². The van der Waals surface area contributed by atoms with Crippen molar-refractivity contribution in [2.75, 3.05) is 26.5 Å². The molecule has 2 aliphatic rings. The molecule has 0 saturated heterocycles. The average Bonchev–Trinajstić information content (AvgIpc) is 2.93. The molecule has 0 amide bonds. The van der Waals surface area contributed by atoms with Gasteiger partial charge in [0, 0.05) is 11.8 Å². The van der Waals surface area contributed by atoms with Gasteiger partial charge in [-0.25, -0.2) is 0 Å². The predicted octanol–water partition coefficient (Wildman–Crippen LogP) is 8.26. The van der Waals surface area contributed by atoms with Gasteiger partial charge < -0.3 is 9.47 Å². The van der Waals surface area contributed by atoms with Crippen molar-refractivity contribution < 1.29 is 18.6 Å². The topological polar surface area (TPSA) is 52.6 Å². The van der Waals surface area contributed by atoms with Crippen LogP contribution in [0.15, 0.2) is 48.5 Å². The molecule has 6 atom stereocenters. The minimum absolute atomic E-state index is 0.265. The SMILES string of the molecule is COc1ccc(CC2CCCCC2[P+](=O)CC[P+](=O)C2CCCCC2Cc2ccc(OC)cc2)cc1. The Balaban J connectivity index is 1.32. The van der Waals surface area contributed by atoms with E-state index >= 15 is 0 Å². The molecule has 36 heavy (non-hydrogen) atoms. The van der Waals surface area contributed by atoms with Crippen LogP contribution in [0.5, 0.6) is 11.5 Å². The molecule has 6 heteroatoms. The van der Waals surface area contributed by atoms with Crippen LogP contribution >= 0.6 is 15.6 Å². The summed E-state index contributed by atoms with van der Waals surface area (Å²) in [6.07, 6.45) is 12.4. The summed E-state index contributed by atoms with van der Waals surface area (Å²) in [6, 6.07) is 16.6. The Bertz CT molecular complexity index is 908. The highest BCUT2D eigenvalue weighted by molar-refractivity contribution is 7.49. The van der Waals surface area contributed by atoms with E-state index in [2.05, 4.69) is 24.3 Å². The van der Waals surface area contributed by atoms with E-state index in [4.69, 9.17) is 9.47 Å². The van der Waals surface area contributed by atoms with Crippen LogP contribution in [0.25, 0.3) is 0 Å². The molecule has 4 rings (SSSR count). The highest BCUT2D eigenvalue weighted by Gasteiger charge is 2.44. The van der Waals surface area contributed by atoms with Crippen LogP contribution in [0.3, 0.4) is 0 Å². The second-order valence-electron chi connectivity index (χ2n) is 10.6. The third-order valence-electron chi connectivity index (χ3n) is 8.33. The normalized spacial score (nSPS) is 25.2. The molecular formula is C30H42O4P2+2. The zero-order valence-corrected chi connectivity index (χ0v) is 23.7. The fourth-order valence-corrected chi connectivity index (χ4v) is 10.9. The van der Waals surface area contributed by atoms with Crippen molar-refractivity contribution in [1.82, 2.24) is 0 Å². The molecular weight excluding hydrogens is 486 g/mol. The largest absolute Gasteiger partial charge is 0.497 e. The van der Waals surface area contributed by atoms with Gasteiger partial charge in [-0.05, 0) is 86.8 Å². The van der Waals surface area contributed by atoms with Gasteiger partial charge >= 0.3 is 15.6 Å². The van der Waals surface area contributed by atoms with E-state index in [1.807, 2.05) is 24.3 Å². The van der Waals surface area contributed by atoms with Gasteiger partial charge in [0.2, 0.25) is 0 Å². The molecule has 6 unspecified atom stereocenters. The van der Waals surface area contributed by atoms with Crippen LogP contribution in [0, 0.1) is 11.8 Å². The van der Waals surface area contributed by atoms with Crippen molar-refractivity contribution in [2.24, 2.45) is 11.8 Å². The molecule has 0 aliphatic heterocycles. The lowest BCUT2D eigenvalue weighted by Crippen LogP contribution is -2.26. The molecule has 0 spiro atoms. The zero-order valence-electron chi connectivity index (χ0n) is 21.9. The van der Waals surface area contributed by atoms with E-state index in [1.54, 1.807) is 14.2 Å². The lowest BCUT2D eigenvalue weighted by atomic mass is 9.84. The molecule has 2 aromatic carbocycles. The second kappa shape index (κ2) is 13.7. The van der Waals surface area contributed by atoms with Crippen LogP contribution in [0.2, 0.25) is 0 Å². The smallest absolute Gasteiger partial charge is 0.346 e. The highest BCUT2D eigenvalue weighted by Crippen LogP contribution is 2.48. The van der Waals surface area contributed by atoms with Gasteiger partial charge in [-0.15, -0.1) is 0 Å². The van der Waals surface area contributed by atoms with Crippen LogP contribution in [-0.2, 0) is 22.0 Å². The number of benzene rings is 2. The molecule has 4 nitrogen and oxygen atoms in total. The first-order valence-electron chi connectivity index (χ1n) is 13.7. The van der Waals surface area contributed by atoms with Crippen LogP contribution in [0.4, 0.5) is 0 Å². The van der Waals surface area contributed by atoms with Crippen LogP contribution in [-0.4, -0.2) is 37.9 Å². The van der Waals surface area contributed by atoms with E-state index in [0.29, 0.717) is 24.2 Å². The quantitative estimate of drug-likeness (QED) is 0.276. The highest BCUT2D eigenvalue weighted by atomic mass is 31.1. The van der Waals surface area contributed by atoms with E-state index < -0.39 is 15.6 Å². The molecule has 0 heterocycles. The van der Waals surface area contributed by atoms with Crippen molar-refractivity contribution in [2.45, 2.75) is 75.5 Å². The third kappa shape index (κ3) is 7.39. The predicted molar refractivity (Wildman–Crippen MR) is 150 cm³/mol. The minimum atomic E-state index is -1.34.